The van der Waals surface area contributed by atoms with Crippen molar-refractivity contribution >= 4 is 5.71 Å². The fraction of sp³-hybridized carbons (Fsp3) is 0.800. The van der Waals surface area contributed by atoms with Crippen molar-refractivity contribution < 1.29 is 10.3 Å². The monoisotopic (exact) mass is 117 g/mol. The SMILES string of the molecule is CC(C)C(CO)=NO. The van der Waals surface area contributed by atoms with Crippen LogP contribution in [0.25, 0.3) is 0 Å². The zero-order valence-corrected chi connectivity index (χ0v) is 5.13. The molecule has 48 valence electrons. The van der Waals surface area contributed by atoms with E-state index in [-0.39, 0.29) is 12.5 Å². The fourth-order valence-corrected chi connectivity index (χ4v) is 0.330. The second-order valence-corrected chi connectivity index (χ2v) is 1.90. The second-order valence-electron chi connectivity index (χ2n) is 1.90. The van der Waals surface area contributed by atoms with E-state index in [1.165, 1.54) is 0 Å². The molecule has 2 N–H and O–H groups in total. The molecule has 8 heavy (non-hydrogen) atoms. The number of nitrogens with zero attached hydrogens (tertiary/aromatic N) is 1. The Bertz CT molecular complexity index is 88.4. The van der Waals surface area contributed by atoms with Crippen molar-refractivity contribution in [3.63, 3.8) is 0 Å². The molecular formula is C5H11NO2. The zero-order valence-electron chi connectivity index (χ0n) is 5.13. The van der Waals surface area contributed by atoms with Gasteiger partial charge in [0.25, 0.3) is 0 Å². The Hall–Kier alpha value is -0.570. The molecule has 0 amide bonds. The highest BCUT2D eigenvalue weighted by Gasteiger charge is 2.01. The molecular weight excluding hydrogens is 106 g/mol. The first-order valence-corrected chi connectivity index (χ1v) is 2.54. The third kappa shape index (κ3) is 1.93. The lowest BCUT2D eigenvalue weighted by Gasteiger charge is -2.01. The van der Waals surface area contributed by atoms with Crippen molar-refractivity contribution in [2.75, 3.05) is 6.61 Å². The first-order chi connectivity index (χ1) is 3.72. The van der Waals surface area contributed by atoms with E-state index in [1.54, 1.807) is 0 Å². The van der Waals surface area contributed by atoms with Crippen molar-refractivity contribution in [2.24, 2.45) is 11.1 Å². The predicted molar refractivity (Wildman–Crippen MR) is 31.1 cm³/mol. The summed E-state index contributed by atoms with van der Waals surface area (Å²) in [6, 6.07) is 0. The molecule has 0 aromatic carbocycles. The molecule has 0 aromatic rings. The van der Waals surface area contributed by atoms with E-state index in [0.29, 0.717) is 5.71 Å². The van der Waals surface area contributed by atoms with Crippen LogP contribution in [0.15, 0.2) is 5.16 Å². The van der Waals surface area contributed by atoms with Crippen LogP contribution in [0.2, 0.25) is 0 Å². The molecule has 0 saturated heterocycles. The zero-order chi connectivity index (χ0) is 6.57. The third-order valence-corrected chi connectivity index (χ3v) is 0.957. The molecule has 0 unspecified atom stereocenters. The van der Waals surface area contributed by atoms with Crippen LogP contribution < -0.4 is 0 Å². The molecule has 0 aliphatic rings. The minimum absolute atomic E-state index is 0.130. The van der Waals surface area contributed by atoms with E-state index in [1.807, 2.05) is 13.8 Å². The van der Waals surface area contributed by atoms with Gasteiger partial charge in [0.1, 0.15) is 0 Å². The molecule has 3 nitrogen and oxygen atoms in total. The van der Waals surface area contributed by atoms with Crippen molar-refractivity contribution in [3.05, 3.63) is 0 Å². The van der Waals surface area contributed by atoms with Gasteiger partial charge >= 0.3 is 0 Å². The summed E-state index contributed by atoms with van der Waals surface area (Å²) in [6.45, 7) is 3.55. The maximum Gasteiger partial charge on any atom is 0.0849 e. The van der Waals surface area contributed by atoms with Gasteiger partial charge in [-0.3, -0.25) is 0 Å². The first-order valence-electron chi connectivity index (χ1n) is 2.54. The predicted octanol–water partition coefficient (Wildman–Crippen LogP) is 0.465. The van der Waals surface area contributed by atoms with Crippen LogP contribution in [0, 0.1) is 5.92 Å². The summed E-state index contributed by atoms with van der Waals surface area (Å²) < 4.78 is 0. The molecule has 0 saturated carbocycles. The van der Waals surface area contributed by atoms with Gasteiger partial charge in [-0.15, -0.1) is 0 Å². The third-order valence-electron chi connectivity index (χ3n) is 0.957. The van der Waals surface area contributed by atoms with Crippen LogP contribution in [-0.2, 0) is 0 Å². The quantitative estimate of drug-likeness (QED) is 0.314. The lowest BCUT2D eigenvalue weighted by molar-refractivity contribution is 0.297. The Balaban J connectivity index is 3.72. The Morgan fingerprint density at radius 2 is 2.12 bits per heavy atom. The molecule has 0 aromatic heterocycles. The highest BCUT2D eigenvalue weighted by Crippen LogP contribution is 1.93. The summed E-state index contributed by atoms with van der Waals surface area (Å²) in [5.74, 6) is 0.130. The summed E-state index contributed by atoms with van der Waals surface area (Å²) in [6.07, 6.45) is 0. The second kappa shape index (κ2) is 3.43. The molecule has 0 bridgehead atoms. The molecule has 3 heteroatoms. The van der Waals surface area contributed by atoms with Crippen LogP contribution in [0.4, 0.5) is 0 Å². The molecule has 0 radical (unpaired) electrons. The number of hydrogen-bond acceptors (Lipinski definition) is 3. The highest BCUT2D eigenvalue weighted by atomic mass is 16.4. The van der Waals surface area contributed by atoms with E-state index < -0.39 is 0 Å². The van der Waals surface area contributed by atoms with Gasteiger partial charge in [-0.1, -0.05) is 19.0 Å². The first kappa shape index (κ1) is 7.43. The number of hydrogen-bond donors (Lipinski definition) is 2. The topological polar surface area (TPSA) is 52.8 Å². The van der Waals surface area contributed by atoms with Crippen LogP contribution in [0.3, 0.4) is 0 Å². The lowest BCUT2D eigenvalue weighted by atomic mass is 10.1. The minimum atomic E-state index is -0.159. The Kier molecular flexibility index (Phi) is 3.19. The van der Waals surface area contributed by atoms with Crippen LogP contribution in [0.1, 0.15) is 13.8 Å². The molecule has 0 rings (SSSR count). The van der Waals surface area contributed by atoms with Gasteiger partial charge in [-0.25, -0.2) is 0 Å². The van der Waals surface area contributed by atoms with E-state index in [2.05, 4.69) is 5.16 Å². The summed E-state index contributed by atoms with van der Waals surface area (Å²) in [5, 5.41) is 19.4. The number of aliphatic hydroxyl groups excluding tert-OH is 1. The van der Waals surface area contributed by atoms with Crippen molar-refractivity contribution in [1.29, 1.82) is 0 Å². The maximum absolute atomic E-state index is 8.41. The van der Waals surface area contributed by atoms with E-state index in [4.69, 9.17) is 10.3 Å². The van der Waals surface area contributed by atoms with Gasteiger partial charge in [0, 0.05) is 0 Å². The molecule has 0 spiro atoms. The smallest absolute Gasteiger partial charge is 0.0849 e. The summed E-state index contributed by atoms with van der Waals surface area (Å²) in [5.41, 5.74) is 0.421. The van der Waals surface area contributed by atoms with Gasteiger partial charge in [0.15, 0.2) is 0 Å². The van der Waals surface area contributed by atoms with Crippen LogP contribution in [-0.4, -0.2) is 22.6 Å². The Morgan fingerprint density at radius 3 is 2.12 bits per heavy atom. The standard InChI is InChI=1S/C5H11NO2/c1-4(2)5(3-7)6-8/h4,7-8H,3H2,1-2H3. The van der Waals surface area contributed by atoms with E-state index >= 15 is 0 Å². The maximum atomic E-state index is 8.41. The van der Waals surface area contributed by atoms with Crippen molar-refractivity contribution in [2.45, 2.75) is 13.8 Å². The summed E-state index contributed by atoms with van der Waals surface area (Å²) in [7, 11) is 0. The molecule has 0 atom stereocenters. The Morgan fingerprint density at radius 1 is 1.62 bits per heavy atom. The van der Waals surface area contributed by atoms with Crippen molar-refractivity contribution in [1.82, 2.24) is 0 Å². The molecule has 0 aliphatic heterocycles. The fourth-order valence-electron chi connectivity index (χ4n) is 0.330. The lowest BCUT2D eigenvalue weighted by Crippen LogP contribution is -2.11. The molecule has 0 heterocycles. The van der Waals surface area contributed by atoms with Gasteiger partial charge < -0.3 is 10.3 Å². The minimum Gasteiger partial charge on any atom is -0.411 e. The normalized spacial score (nSPS) is 12.8. The Labute approximate surface area is 48.6 Å². The van der Waals surface area contributed by atoms with Crippen LogP contribution >= 0.6 is 0 Å². The van der Waals surface area contributed by atoms with Gasteiger partial charge in [0.2, 0.25) is 0 Å². The number of aliphatic hydroxyl groups is 1. The summed E-state index contributed by atoms with van der Waals surface area (Å²) >= 11 is 0. The number of oxime groups is 1. The van der Waals surface area contributed by atoms with Crippen LogP contribution in [0.5, 0.6) is 0 Å². The van der Waals surface area contributed by atoms with E-state index in [9.17, 15) is 0 Å². The highest BCUT2D eigenvalue weighted by molar-refractivity contribution is 5.86. The molecule has 0 aliphatic carbocycles. The average Bonchev–Trinajstić information content (AvgIpc) is 1.69. The van der Waals surface area contributed by atoms with E-state index in [0.717, 1.165) is 0 Å². The summed E-state index contributed by atoms with van der Waals surface area (Å²) in [4.78, 5) is 0. The average molecular weight is 117 g/mol. The van der Waals surface area contributed by atoms with Crippen molar-refractivity contribution in [3.8, 4) is 0 Å². The largest absolute Gasteiger partial charge is 0.411 e. The van der Waals surface area contributed by atoms with Gasteiger partial charge in [-0.2, -0.15) is 0 Å². The molecule has 0 fully saturated rings. The number of rotatable bonds is 2. The van der Waals surface area contributed by atoms with Gasteiger partial charge in [-0.05, 0) is 5.92 Å². The van der Waals surface area contributed by atoms with Gasteiger partial charge in [0.05, 0.1) is 12.3 Å².